The Morgan fingerprint density at radius 3 is 1.51 bits per heavy atom. The summed E-state index contributed by atoms with van der Waals surface area (Å²) in [5.41, 5.74) is -4.14. The van der Waals surface area contributed by atoms with Crippen LogP contribution in [0.3, 0.4) is 0 Å². The highest BCUT2D eigenvalue weighted by Gasteiger charge is 2.78. The van der Waals surface area contributed by atoms with Crippen molar-refractivity contribution in [1.29, 1.82) is 0 Å². The van der Waals surface area contributed by atoms with E-state index in [4.69, 9.17) is 28.4 Å². The van der Waals surface area contributed by atoms with Crippen molar-refractivity contribution in [2.45, 2.75) is 79.4 Å². The van der Waals surface area contributed by atoms with Gasteiger partial charge in [0.15, 0.2) is 5.78 Å². The molecule has 1 saturated carbocycles. The van der Waals surface area contributed by atoms with E-state index in [9.17, 15) is 28.8 Å². The third kappa shape index (κ3) is 11.3. The molecule has 1 fully saturated rings. The molecule has 2 aromatic carbocycles. The van der Waals surface area contributed by atoms with Crippen molar-refractivity contribution < 1.29 is 57.2 Å². The fourth-order valence-corrected chi connectivity index (χ4v) is 6.67. The van der Waals surface area contributed by atoms with Crippen LogP contribution in [0.25, 0.3) is 0 Å². The number of carbonyl (C=O) groups is 6. The molecular formula is C40H55N3O12. The molecule has 15 nitrogen and oxygen atoms in total. The fourth-order valence-electron chi connectivity index (χ4n) is 6.67. The topological polar surface area (TPSA) is 194 Å². The smallest absolute Gasteiger partial charge is 0.407 e. The summed E-state index contributed by atoms with van der Waals surface area (Å²) in [5, 5.41) is 8.12. The van der Waals surface area contributed by atoms with Crippen LogP contribution < -0.4 is 25.4 Å². The van der Waals surface area contributed by atoms with Crippen molar-refractivity contribution in [3.63, 3.8) is 0 Å². The number of hydrogen-bond donors (Lipinski definition) is 3. The Morgan fingerprint density at radius 1 is 0.636 bits per heavy atom. The number of methoxy groups -OCH3 is 2. The maximum absolute atomic E-state index is 14.3. The number of esters is 2. The lowest BCUT2D eigenvalue weighted by atomic mass is 9.38. The van der Waals surface area contributed by atoms with Crippen molar-refractivity contribution in [1.82, 2.24) is 10.6 Å². The minimum atomic E-state index is -1.74. The van der Waals surface area contributed by atoms with E-state index < -0.39 is 69.7 Å². The van der Waals surface area contributed by atoms with Crippen LogP contribution in [0.1, 0.15) is 78.6 Å². The molecule has 0 aromatic heterocycles. The molecule has 2 aromatic rings. The first-order valence-electron chi connectivity index (χ1n) is 18.1. The van der Waals surface area contributed by atoms with E-state index in [1.807, 2.05) is 0 Å². The van der Waals surface area contributed by atoms with Crippen LogP contribution in [-0.4, -0.2) is 87.5 Å². The van der Waals surface area contributed by atoms with E-state index in [0.29, 0.717) is 49.7 Å². The average molecular weight is 770 g/mol. The predicted molar refractivity (Wildman–Crippen MR) is 202 cm³/mol. The zero-order valence-electron chi connectivity index (χ0n) is 33.4. The molecule has 0 bridgehead atoms. The molecule has 1 aliphatic carbocycles. The number of benzene rings is 2. The normalized spacial score (nSPS) is 20.5. The van der Waals surface area contributed by atoms with Crippen LogP contribution >= 0.6 is 0 Å². The summed E-state index contributed by atoms with van der Waals surface area (Å²) >= 11 is 0. The number of ether oxygens (including phenoxy) is 6. The highest BCUT2D eigenvalue weighted by Crippen LogP contribution is 2.66. The number of rotatable bonds is 16. The molecule has 0 heterocycles. The molecule has 0 saturated heterocycles. The highest BCUT2D eigenvalue weighted by molar-refractivity contribution is 6.12. The van der Waals surface area contributed by atoms with Crippen molar-refractivity contribution >= 4 is 41.5 Å². The molecule has 1 aliphatic rings. The zero-order valence-corrected chi connectivity index (χ0v) is 33.4. The Labute approximate surface area is 322 Å². The minimum Gasteiger partial charge on any atom is -0.494 e. The van der Waals surface area contributed by atoms with Crippen LogP contribution in [0.4, 0.5) is 15.3 Å². The average Bonchev–Trinajstić information content (AvgIpc) is 3.10. The number of hydrogen-bond acceptors (Lipinski definition) is 12. The molecule has 4 unspecified atom stereocenters. The summed E-state index contributed by atoms with van der Waals surface area (Å²) in [5.74, 6) is -4.63. The second-order valence-corrected chi connectivity index (χ2v) is 15.6. The van der Waals surface area contributed by atoms with E-state index in [0.717, 1.165) is 14.2 Å². The summed E-state index contributed by atoms with van der Waals surface area (Å²) in [4.78, 5) is 78.7. The number of Topliss-reactive ketones (excluding diaryl/α,β-unsaturated/α-hetero) is 1. The summed E-state index contributed by atoms with van der Waals surface area (Å²) in [7, 11) is 2.29. The molecule has 0 aliphatic heterocycles. The van der Waals surface area contributed by atoms with Gasteiger partial charge in [-0.25, -0.2) is 9.59 Å². The minimum absolute atomic E-state index is 0.184. The van der Waals surface area contributed by atoms with Gasteiger partial charge in [-0.1, -0.05) is 0 Å². The molecule has 3 rings (SSSR count). The standard InChI is InChI=1S/C40H55N3O12/c1-37(2,3)54-35(48)41-21-11-23-52-27-17-13-25(14-18-27)29(44)30-39(7,31(32(45)50-9)40(30,8)34(47)51-10)33(46)43-26-15-19-28(20-16-26)53-24-12-22-42-36(49)55-38(4,5)6/h13-20,30-31H,11-12,21-24H2,1-10H3,(H,41,48)(H,42,49)(H,43,46). The first-order valence-corrected chi connectivity index (χ1v) is 18.1. The van der Waals surface area contributed by atoms with Gasteiger partial charge in [0.25, 0.3) is 0 Å². The summed E-state index contributed by atoms with van der Waals surface area (Å²) < 4.78 is 32.1. The van der Waals surface area contributed by atoms with Gasteiger partial charge in [-0.15, -0.1) is 0 Å². The maximum atomic E-state index is 14.3. The van der Waals surface area contributed by atoms with E-state index in [1.165, 1.54) is 26.0 Å². The molecule has 0 radical (unpaired) electrons. The van der Waals surface area contributed by atoms with Gasteiger partial charge in [0.05, 0.1) is 50.1 Å². The molecule has 55 heavy (non-hydrogen) atoms. The van der Waals surface area contributed by atoms with Crippen molar-refractivity contribution in [2.24, 2.45) is 22.7 Å². The Kier molecular flexibility index (Phi) is 14.7. The van der Waals surface area contributed by atoms with Gasteiger partial charge in [-0.05, 0) is 117 Å². The Balaban J connectivity index is 1.71. The lowest BCUT2D eigenvalue weighted by Crippen LogP contribution is -2.73. The monoisotopic (exact) mass is 769 g/mol. The fraction of sp³-hybridized carbons (Fsp3) is 0.550. The van der Waals surface area contributed by atoms with Crippen molar-refractivity contribution in [2.75, 3.05) is 45.8 Å². The summed E-state index contributed by atoms with van der Waals surface area (Å²) in [6, 6.07) is 12.7. The molecule has 3 amide bonds. The van der Waals surface area contributed by atoms with Crippen LogP contribution in [-0.2, 0) is 33.3 Å². The number of nitrogens with one attached hydrogen (secondary N) is 3. The van der Waals surface area contributed by atoms with Crippen LogP contribution in [0.2, 0.25) is 0 Å². The van der Waals surface area contributed by atoms with Crippen molar-refractivity contribution in [3.05, 3.63) is 54.1 Å². The maximum Gasteiger partial charge on any atom is 0.407 e. The lowest BCUT2D eigenvalue weighted by molar-refractivity contribution is -0.211. The molecule has 15 heteroatoms. The molecule has 0 spiro atoms. The number of alkyl carbamates (subject to hydrolysis) is 2. The van der Waals surface area contributed by atoms with Gasteiger partial charge < -0.3 is 44.4 Å². The third-order valence-corrected chi connectivity index (χ3v) is 8.98. The SMILES string of the molecule is COC(=O)C1C(C)(C(=O)Nc2ccc(OCCCNC(=O)OC(C)(C)C)cc2)C(C(=O)c2ccc(OCCCNC(=O)OC(C)(C)C)cc2)C1(C)C(=O)OC. The van der Waals surface area contributed by atoms with Gasteiger partial charge in [0.1, 0.15) is 22.7 Å². The summed E-state index contributed by atoms with van der Waals surface area (Å²) in [6.07, 6.45) is -0.0282. The number of carbonyl (C=O) groups excluding carboxylic acids is 6. The van der Waals surface area contributed by atoms with Gasteiger partial charge in [0.2, 0.25) is 5.91 Å². The Hall–Kier alpha value is -5.34. The second-order valence-electron chi connectivity index (χ2n) is 15.6. The Morgan fingerprint density at radius 2 is 1.09 bits per heavy atom. The van der Waals surface area contributed by atoms with Gasteiger partial charge in [-0.2, -0.15) is 0 Å². The van der Waals surface area contributed by atoms with E-state index in [2.05, 4.69) is 16.0 Å². The first-order chi connectivity index (χ1) is 25.7. The van der Waals surface area contributed by atoms with E-state index in [1.54, 1.807) is 77.9 Å². The summed E-state index contributed by atoms with van der Waals surface area (Å²) in [6.45, 7) is 14.8. The predicted octanol–water partition coefficient (Wildman–Crippen LogP) is 5.70. The van der Waals surface area contributed by atoms with Crippen LogP contribution in [0.5, 0.6) is 11.5 Å². The highest BCUT2D eigenvalue weighted by atomic mass is 16.6. The van der Waals surface area contributed by atoms with Crippen LogP contribution in [0, 0.1) is 22.7 Å². The molecule has 3 N–H and O–H groups in total. The number of amides is 3. The Bertz CT molecular complexity index is 1680. The number of ketones is 1. The zero-order chi connectivity index (χ0) is 41.2. The molecule has 302 valence electrons. The third-order valence-electron chi connectivity index (χ3n) is 8.98. The largest absolute Gasteiger partial charge is 0.494 e. The van der Waals surface area contributed by atoms with Crippen molar-refractivity contribution in [3.8, 4) is 11.5 Å². The molecular weight excluding hydrogens is 714 g/mol. The lowest BCUT2D eigenvalue weighted by Gasteiger charge is -2.60. The number of anilines is 1. The van der Waals surface area contributed by atoms with Gasteiger partial charge in [-0.3, -0.25) is 19.2 Å². The molecule has 4 atom stereocenters. The first kappa shape index (κ1) is 44.1. The van der Waals surface area contributed by atoms with E-state index >= 15 is 0 Å². The van der Waals surface area contributed by atoms with Crippen LogP contribution in [0.15, 0.2) is 48.5 Å². The van der Waals surface area contributed by atoms with Gasteiger partial charge >= 0.3 is 24.1 Å². The second kappa shape index (κ2) is 18.3. The van der Waals surface area contributed by atoms with Gasteiger partial charge in [0, 0.05) is 24.3 Å². The quantitative estimate of drug-likeness (QED) is 0.0818. The van der Waals surface area contributed by atoms with E-state index in [-0.39, 0.29) is 12.2 Å².